The van der Waals surface area contributed by atoms with Gasteiger partial charge in [0.05, 0.1) is 12.8 Å². The van der Waals surface area contributed by atoms with E-state index in [0.29, 0.717) is 12.2 Å². The number of nitrogens with zero attached hydrogens (tertiary/aromatic N) is 2. The van der Waals surface area contributed by atoms with Crippen molar-refractivity contribution in [3.05, 3.63) is 30.3 Å². The van der Waals surface area contributed by atoms with Gasteiger partial charge in [-0.15, -0.1) is 0 Å². The number of hydrogen-bond acceptors (Lipinski definition) is 3. The van der Waals surface area contributed by atoms with Crippen LogP contribution < -0.4 is 9.64 Å². The van der Waals surface area contributed by atoms with Crippen LogP contribution in [0.5, 0.6) is 5.75 Å². The minimum atomic E-state index is 0.157. The van der Waals surface area contributed by atoms with Crippen molar-refractivity contribution in [1.29, 1.82) is 0 Å². The van der Waals surface area contributed by atoms with Crippen molar-refractivity contribution >= 4 is 11.7 Å². The summed E-state index contributed by atoms with van der Waals surface area (Å²) in [6.45, 7) is 0.756. The Morgan fingerprint density at radius 3 is 2.75 bits per heavy atom. The van der Waals surface area contributed by atoms with E-state index in [1.807, 2.05) is 30.3 Å². The number of piperidine rings is 1. The number of anilines is 1. The highest BCUT2D eigenvalue weighted by molar-refractivity contribution is 5.93. The van der Waals surface area contributed by atoms with Gasteiger partial charge in [-0.2, -0.15) is 5.10 Å². The summed E-state index contributed by atoms with van der Waals surface area (Å²) in [5, 5.41) is 7.25. The molecule has 1 aliphatic heterocycles. The standard InChI is InChI=1S/C15H17N3O2/c1-20-12-7-5-11(6-8-12)13-10-14(17-16-13)18-9-3-2-4-15(18)19/h5-8,10H,2-4,9H2,1H3,(H,16,17). The fraction of sp³-hybridized carbons (Fsp3) is 0.333. The summed E-state index contributed by atoms with van der Waals surface area (Å²) in [7, 11) is 1.64. The zero-order valence-corrected chi connectivity index (χ0v) is 11.4. The first kappa shape index (κ1) is 12.7. The largest absolute Gasteiger partial charge is 0.497 e. The maximum Gasteiger partial charge on any atom is 0.228 e. The summed E-state index contributed by atoms with van der Waals surface area (Å²) in [6, 6.07) is 9.66. The first-order valence-corrected chi connectivity index (χ1v) is 6.78. The molecule has 104 valence electrons. The van der Waals surface area contributed by atoms with E-state index in [4.69, 9.17) is 4.74 Å². The number of aromatic nitrogens is 2. The lowest BCUT2D eigenvalue weighted by Crippen LogP contribution is -2.35. The van der Waals surface area contributed by atoms with Gasteiger partial charge in [0.1, 0.15) is 5.75 Å². The summed E-state index contributed by atoms with van der Waals surface area (Å²) in [6.07, 6.45) is 2.63. The first-order valence-electron chi connectivity index (χ1n) is 6.78. The van der Waals surface area contributed by atoms with E-state index < -0.39 is 0 Å². The summed E-state index contributed by atoms with van der Waals surface area (Å²) in [4.78, 5) is 13.6. The Hall–Kier alpha value is -2.30. The SMILES string of the molecule is COc1ccc(-c2cc(N3CCCCC3=O)n[nH]2)cc1. The van der Waals surface area contributed by atoms with E-state index in [0.717, 1.165) is 36.4 Å². The third-order valence-corrected chi connectivity index (χ3v) is 3.57. The van der Waals surface area contributed by atoms with Gasteiger partial charge in [0, 0.05) is 19.0 Å². The van der Waals surface area contributed by atoms with Crippen LogP contribution in [0.2, 0.25) is 0 Å². The highest BCUT2D eigenvalue weighted by Gasteiger charge is 2.21. The molecule has 0 bridgehead atoms. The molecular weight excluding hydrogens is 254 g/mol. The Morgan fingerprint density at radius 2 is 2.05 bits per heavy atom. The molecule has 0 unspecified atom stereocenters. The molecule has 1 amide bonds. The molecule has 2 heterocycles. The van der Waals surface area contributed by atoms with Gasteiger partial charge in [0.2, 0.25) is 5.91 Å². The van der Waals surface area contributed by atoms with Gasteiger partial charge in [0.25, 0.3) is 0 Å². The quantitative estimate of drug-likeness (QED) is 0.933. The highest BCUT2D eigenvalue weighted by atomic mass is 16.5. The molecule has 1 aliphatic rings. The fourth-order valence-electron chi connectivity index (χ4n) is 2.42. The van der Waals surface area contributed by atoms with E-state index in [9.17, 15) is 4.79 Å². The van der Waals surface area contributed by atoms with E-state index in [-0.39, 0.29) is 5.91 Å². The third-order valence-electron chi connectivity index (χ3n) is 3.57. The van der Waals surface area contributed by atoms with Crippen LogP contribution in [0.15, 0.2) is 30.3 Å². The van der Waals surface area contributed by atoms with Crippen molar-refractivity contribution in [3.63, 3.8) is 0 Å². The number of hydrogen-bond donors (Lipinski definition) is 1. The van der Waals surface area contributed by atoms with E-state index in [2.05, 4.69) is 10.2 Å². The molecule has 0 atom stereocenters. The second-order valence-corrected chi connectivity index (χ2v) is 4.87. The molecule has 3 rings (SSSR count). The molecule has 5 nitrogen and oxygen atoms in total. The van der Waals surface area contributed by atoms with E-state index in [1.54, 1.807) is 12.0 Å². The van der Waals surface area contributed by atoms with Crippen molar-refractivity contribution in [2.24, 2.45) is 0 Å². The number of H-pyrrole nitrogens is 1. The number of benzene rings is 1. The number of methoxy groups -OCH3 is 1. The van der Waals surface area contributed by atoms with Crippen LogP contribution in [0.25, 0.3) is 11.3 Å². The van der Waals surface area contributed by atoms with Crippen LogP contribution in [0.3, 0.4) is 0 Å². The lowest BCUT2D eigenvalue weighted by molar-refractivity contribution is -0.119. The van der Waals surface area contributed by atoms with Gasteiger partial charge in [-0.05, 0) is 42.7 Å². The van der Waals surface area contributed by atoms with Crippen LogP contribution in [0.1, 0.15) is 19.3 Å². The molecule has 0 spiro atoms. The van der Waals surface area contributed by atoms with E-state index in [1.165, 1.54) is 0 Å². The van der Waals surface area contributed by atoms with Crippen molar-refractivity contribution < 1.29 is 9.53 Å². The van der Waals surface area contributed by atoms with Gasteiger partial charge in [-0.1, -0.05) is 0 Å². The summed E-state index contributed by atoms with van der Waals surface area (Å²) in [5.74, 6) is 1.68. The van der Waals surface area contributed by atoms with Crippen LogP contribution >= 0.6 is 0 Å². The molecule has 20 heavy (non-hydrogen) atoms. The minimum absolute atomic E-state index is 0.157. The van der Waals surface area contributed by atoms with Crippen molar-refractivity contribution in [2.45, 2.75) is 19.3 Å². The van der Waals surface area contributed by atoms with Gasteiger partial charge in [-0.25, -0.2) is 0 Å². The first-order chi connectivity index (χ1) is 9.78. The Morgan fingerprint density at radius 1 is 1.25 bits per heavy atom. The molecular formula is C15H17N3O2. The number of nitrogens with one attached hydrogen (secondary N) is 1. The smallest absolute Gasteiger partial charge is 0.228 e. The van der Waals surface area contributed by atoms with Gasteiger partial charge in [-0.3, -0.25) is 14.8 Å². The predicted molar refractivity (Wildman–Crippen MR) is 76.8 cm³/mol. The zero-order chi connectivity index (χ0) is 13.9. The molecule has 0 radical (unpaired) electrons. The lowest BCUT2D eigenvalue weighted by Gasteiger charge is -2.24. The molecule has 5 heteroatoms. The molecule has 2 aromatic rings. The third kappa shape index (κ3) is 2.39. The van der Waals surface area contributed by atoms with Crippen LogP contribution in [0.4, 0.5) is 5.82 Å². The molecule has 1 saturated heterocycles. The Labute approximate surface area is 117 Å². The van der Waals surface area contributed by atoms with Gasteiger partial charge < -0.3 is 4.74 Å². The molecule has 1 aromatic heterocycles. The van der Waals surface area contributed by atoms with Crippen molar-refractivity contribution in [3.8, 4) is 17.0 Å². The van der Waals surface area contributed by atoms with Crippen molar-refractivity contribution in [1.82, 2.24) is 10.2 Å². The number of aromatic amines is 1. The maximum absolute atomic E-state index is 11.9. The second-order valence-electron chi connectivity index (χ2n) is 4.87. The fourth-order valence-corrected chi connectivity index (χ4v) is 2.42. The zero-order valence-electron chi connectivity index (χ0n) is 11.4. The minimum Gasteiger partial charge on any atom is -0.497 e. The number of ether oxygens (including phenoxy) is 1. The Balaban J connectivity index is 1.83. The molecule has 1 fully saturated rings. The van der Waals surface area contributed by atoms with Gasteiger partial charge in [0.15, 0.2) is 5.82 Å². The average Bonchev–Trinajstić information content (AvgIpc) is 2.97. The maximum atomic E-state index is 11.9. The van der Waals surface area contributed by atoms with E-state index >= 15 is 0 Å². The summed E-state index contributed by atoms with van der Waals surface area (Å²) < 4.78 is 5.14. The second kappa shape index (κ2) is 5.36. The number of carbonyl (C=O) groups excluding carboxylic acids is 1. The number of amides is 1. The summed E-state index contributed by atoms with van der Waals surface area (Å²) in [5.41, 5.74) is 1.93. The Bertz CT molecular complexity index is 604. The molecule has 0 aliphatic carbocycles. The molecule has 1 N–H and O–H groups in total. The monoisotopic (exact) mass is 271 g/mol. The van der Waals surface area contributed by atoms with Crippen LogP contribution in [0, 0.1) is 0 Å². The molecule has 0 saturated carbocycles. The normalized spacial score (nSPS) is 15.4. The predicted octanol–water partition coefficient (Wildman–Crippen LogP) is 2.60. The van der Waals surface area contributed by atoms with Crippen molar-refractivity contribution in [2.75, 3.05) is 18.6 Å². The summed E-state index contributed by atoms with van der Waals surface area (Å²) >= 11 is 0. The highest BCUT2D eigenvalue weighted by Crippen LogP contribution is 2.25. The van der Waals surface area contributed by atoms with Crippen LogP contribution in [-0.2, 0) is 4.79 Å². The Kier molecular flexibility index (Phi) is 3.41. The lowest BCUT2D eigenvalue weighted by atomic mass is 10.1. The van der Waals surface area contributed by atoms with Gasteiger partial charge >= 0.3 is 0 Å². The number of rotatable bonds is 3. The topological polar surface area (TPSA) is 58.2 Å². The van der Waals surface area contributed by atoms with Crippen LogP contribution in [-0.4, -0.2) is 29.8 Å². The number of carbonyl (C=O) groups is 1. The average molecular weight is 271 g/mol. The molecule has 1 aromatic carbocycles.